The minimum atomic E-state index is 0.0188. The number of benzene rings is 1. The van der Waals surface area contributed by atoms with Gasteiger partial charge in [-0.05, 0) is 18.6 Å². The predicted octanol–water partition coefficient (Wildman–Crippen LogP) is 2.05. The summed E-state index contributed by atoms with van der Waals surface area (Å²) in [6.07, 6.45) is 0.487. The molecule has 1 aliphatic rings. The first-order chi connectivity index (χ1) is 10.1. The van der Waals surface area contributed by atoms with Gasteiger partial charge in [-0.15, -0.1) is 0 Å². The highest BCUT2D eigenvalue weighted by atomic mass is 32.2. The Labute approximate surface area is 129 Å². The third kappa shape index (κ3) is 4.28. The molecule has 1 atom stereocenters. The Kier molecular flexibility index (Phi) is 5.76. The summed E-state index contributed by atoms with van der Waals surface area (Å²) in [5.41, 5.74) is 1.72. The number of methoxy groups -OCH3 is 2. The number of hydrogen-bond donors (Lipinski definition) is 2. The van der Waals surface area contributed by atoms with Gasteiger partial charge in [-0.2, -0.15) is 11.8 Å². The standard InChI is InChI=1S/C15H22N2O3S/c1-10-6-13(19-2)14(20-3)8-12(10)17-15(18)7-11-9-21-5-4-16-11/h6,8,11,16H,4-5,7,9H2,1-3H3,(H,17,18). The molecule has 0 aliphatic carbocycles. The van der Waals surface area contributed by atoms with Gasteiger partial charge in [0, 0.05) is 42.3 Å². The normalized spacial score (nSPS) is 18.1. The molecule has 2 rings (SSSR count). The molecule has 1 aromatic rings. The molecule has 1 aliphatic heterocycles. The van der Waals surface area contributed by atoms with E-state index in [1.165, 1.54) is 0 Å². The lowest BCUT2D eigenvalue weighted by Crippen LogP contribution is -2.39. The van der Waals surface area contributed by atoms with Gasteiger partial charge >= 0.3 is 0 Å². The number of aryl methyl sites for hydroxylation is 1. The molecular weight excluding hydrogens is 288 g/mol. The Balaban J connectivity index is 2.02. The van der Waals surface area contributed by atoms with Crippen LogP contribution < -0.4 is 20.1 Å². The van der Waals surface area contributed by atoms with E-state index in [4.69, 9.17) is 9.47 Å². The molecular formula is C15H22N2O3S. The maximum atomic E-state index is 12.2. The maximum absolute atomic E-state index is 12.2. The molecule has 1 fully saturated rings. The average molecular weight is 310 g/mol. The second-order valence-corrected chi connectivity index (χ2v) is 6.15. The van der Waals surface area contributed by atoms with Crippen LogP contribution in [0.3, 0.4) is 0 Å². The maximum Gasteiger partial charge on any atom is 0.225 e. The van der Waals surface area contributed by atoms with Crippen molar-refractivity contribution in [2.45, 2.75) is 19.4 Å². The topological polar surface area (TPSA) is 59.6 Å². The van der Waals surface area contributed by atoms with Crippen LogP contribution >= 0.6 is 11.8 Å². The van der Waals surface area contributed by atoms with E-state index in [0.29, 0.717) is 17.9 Å². The fourth-order valence-electron chi connectivity index (χ4n) is 2.29. The van der Waals surface area contributed by atoms with Gasteiger partial charge in [-0.25, -0.2) is 0 Å². The number of amides is 1. The molecule has 1 saturated heterocycles. The Morgan fingerprint density at radius 2 is 2.10 bits per heavy atom. The van der Waals surface area contributed by atoms with Crippen molar-refractivity contribution in [1.82, 2.24) is 5.32 Å². The van der Waals surface area contributed by atoms with E-state index in [0.717, 1.165) is 29.3 Å². The van der Waals surface area contributed by atoms with Gasteiger partial charge < -0.3 is 20.1 Å². The highest BCUT2D eigenvalue weighted by Gasteiger charge is 2.18. The number of thioether (sulfide) groups is 1. The van der Waals surface area contributed by atoms with E-state index in [9.17, 15) is 4.79 Å². The van der Waals surface area contributed by atoms with Crippen molar-refractivity contribution < 1.29 is 14.3 Å². The summed E-state index contributed by atoms with van der Waals surface area (Å²) in [7, 11) is 3.18. The summed E-state index contributed by atoms with van der Waals surface area (Å²) in [6, 6.07) is 3.92. The van der Waals surface area contributed by atoms with Crippen LogP contribution in [-0.2, 0) is 4.79 Å². The van der Waals surface area contributed by atoms with Crippen LogP contribution in [0.5, 0.6) is 11.5 Å². The number of carbonyl (C=O) groups excluding carboxylic acids is 1. The third-order valence-electron chi connectivity index (χ3n) is 3.43. The summed E-state index contributed by atoms with van der Waals surface area (Å²) in [6.45, 7) is 2.91. The highest BCUT2D eigenvalue weighted by Crippen LogP contribution is 2.33. The van der Waals surface area contributed by atoms with Gasteiger partial charge in [-0.1, -0.05) is 0 Å². The van der Waals surface area contributed by atoms with E-state index in [1.54, 1.807) is 20.3 Å². The number of carbonyl (C=O) groups is 1. The monoisotopic (exact) mass is 310 g/mol. The van der Waals surface area contributed by atoms with Crippen molar-refractivity contribution in [2.75, 3.05) is 37.6 Å². The highest BCUT2D eigenvalue weighted by molar-refractivity contribution is 7.99. The zero-order valence-electron chi connectivity index (χ0n) is 12.7. The number of hydrogen-bond acceptors (Lipinski definition) is 5. The Morgan fingerprint density at radius 3 is 2.71 bits per heavy atom. The quantitative estimate of drug-likeness (QED) is 0.871. The molecule has 116 valence electrons. The van der Waals surface area contributed by atoms with Crippen molar-refractivity contribution in [1.29, 1.82) is 0 Å². The molecule has 1 unspecified atom stereocenters. The fraction of sp³-hybridized carbons (Fsp3) is 0.533. The molecule has 1 heterocycles. The second-order valence-electron chi connectivity index (χ2n) is 5.00. The molecule has 2 N–H and O–H groups in total. The van der Waals surface area contributed by atoms with Crippen LogP contribution in [0.2, 0.25) is 0 Å². The van der Waals surface area contributed by atoms with E-state index < -0.39 is 0 Å². The van der Waals surface area contributed by atoms with Crippen molar-refractivity contribution in [3.63, 3.8) is 0 Å². The van der Waals surface area contributed by atoms with E-state index >= 15 is 0 Å². The van der Waals surface area contributed by atoms with Gasteiger partial charge in [0.2, 0.25) is 5.91 Å². The molecule has 21 heavy (non-hydrogen) atoms. The summed E-state index contributed by atoms with van der Waals surface area (Å²) in [5, 5.41) is 6.32. The summed E-state index contributed by atoms with van der Waals surface area (Å²) < 4.78 is 10.5. The lowest BCUT2D eigenvalue weighted by molar-refractivity contribution is -0.116. The van der Waals surface area contributed by atoms with Crippen molar-refractivity contribution in [3.8, 4) is 11.5 Å². The molecule has 0 aromatic heterocycles. The number of rotatable bonds is 5. The minimum absolute atomic E-state index is 0.0188. The summed E-state index contributed by atoms with van der Waals surface area (Å²) in [5.74, 6) is 3.40. The minimum Gasteiger partial charge on any atom is -0.493 e. The zero-order valence-corrected chi connectivity index (χ0v) is 13.5. The van der Waals surface area contributed by atoms with Crippen LogP contribution in [0.15, 0.2) is 12.1 Å². The lowest BCUT2D eigenvalue weighted by atomic mass is 10.1. The van der Waals surface area contributed by atoms with Crippen molar-refractivity contribution in [2.24, 2.45) is 0 Å². The van der Waals surface area contributed by atoms with E-state index in [-0.39, 0.29) is 11.9 Å². The average Bonchev–Trinajstić information content (AvgIpc) is 2.49. The molecule has 5 nitrogen and oxygen atoms in total. The van der Waals surface area contributed by atoms with E-state index in [2.05, 4.69) is 10.6 Å². The second kappa shape index (κ2) is 7.56. The molecule has 1 aromatic carbocycles. The first-order valence-electron chi connectivity index (χ1n) is 6.97. The Morgan fingerprint density at radius 1 is 1.38 bits per heavy atom. The van der Waals surface area contributed by atoms with Gasteiger partial charge in [0.1, 0.15) is 0 Å². The summed E-state index contributed by atoms with van der Waals surface area (Å²) >= 11 is 1.89. The third-order valence-corrected chi connectivity index (χ3v) is 4.57. The van der Waals surface area contributed by atoms with Crippen molar-refractivity contribution >= 4 is 23.4 Å². The summed E-state index contributed by atoms with van der Waals surface area (Å²) in [4.78, 5) is 12.2. The van der Waals surface area contributed by atoms with Gasteiger partial charge in [0.05, 0.1) is 14.2 Å². The molecule has 0 radical (unpaired) electrons. The largest absolute Gasteiger partial charge is 0.493 e. The number of nitrogens with one attached hydrogen (secondary N) is 2. The fourth-order valence-corrected chi connectivity index (χ4v) is 3.24. The number of ether oxygens (including phenoxy) is 2. The Bertz CT molecular complexity index is 502. The smallest absolute Gasteiger partial charge is 0.225 e. The Hall–Kier alpha value is -1.40. The van der Waals surface area contributed by atoms with Gasteiger partial charge in [0.15, 0.2) is 11.5 Å². The molecule has 0 bridgehead atoms. The first kappa shape index (κ1) is 16.0. The van der Waals surface area contributed by atoms with Gasteiger partial charge in [0.25, 0.3) is 0 Å². The van der Waals surface area contributed by atoms with Crippen LogP contribution in [0, 0.1) is 6.92 Å². The van der Waals surface area contributed by atoms with E-state index in [1.807, 2.05) is 24.8 Å². The lowest BCUT2D eigenvalue weighted by Gasteiger charge is -2.22. The molecule has 0 spiro atoms. The van der Waals surface area contributed by atoms with Crippen LogP contribution in [0.4, 0.5) is 5.69 Å². The van der Waals surface area contributed by atoms with Crippen LogP contribution in [0.25, 0.3) is 0 Å². The van der Waals surface area contributed by atoms with Crippen molar-refractivity contribution in [3.05, 3.63) is 17.7 Å². The van der Waals surface area contributed by atoms with Gasteiger partial charge in [-0.3, -0.25) is 4.79 Å². The number of anilines is 1. The van der Waals surface area contributed by atoms with Crippen LogP contribution in [0.1, 0.15) is 12.0 Å². The first-order valence-corrected chi connectivity index (χ1v) is 8.13. The molecule has 0 saturated carbocycles. The zero-order chi connectivity index (χ0) is 15.2. The SMILES string of the molecule is COc1cc(C)c(NC(=O)CC2CSCCN2)cc1OC. The predicted molar refractivity (Wildman–Crippen MR) is 86.6 cm³/mol. The molecule has 1 amide bonds. The molecule has 6 heteroatoms. The van der Waals surface area contributed by atoms with Crippen LogP contribution in [-0.4, -0.2) is 44.2 Å².